The maximum absolute atomic E-state index is 11.1. The van der Waals surface area contributed by atoms with Crippen molar-refractivity contribution in [2.45, 2.75) is 13.5 Å². The molecule has 0 saturated heterocycles. The van der Waals surface area contributed by atoms with E-state index in [0.29, 0.717) is 24.7 Å². The molecule has 0 saturated carbocycles. The van der Waals surface area contributed by atoms with Gasteiger partial charge in [-0.1, -0.05) is 18.7 Å². The van der Waals surface area contributed by atoms with Crippen LogP contribution in [0.25, 0.3) is 0 Å². The van der Waals surface area contributed by atoms with Gasteiger partial charge in [-0.05, 0) is 58.2 Å². The summed E-state index contributed by atoms with van der Waals surface area (Å²) in [5.74, 6) is 0.287. The minimum absolute atomic E-state index is 0.250. The zero-order valence-electron chi connectivity index (χ0n) is 14.1. The van der Waals surface area contributed by atoms with Gasteiger partial charge in [0.2, 0.25) is 0 Å². The van der Waals surface area contributed by atoms with E-state index >= 15 is 0 Å². The van der Waals surface area contributed by atoms with Gasteiger partial charge in [0.1, 0.15) is 6.61 Å². The van der Waals surface area contributed by atoms with Crippen LogP contribution in [0.2, 0.25) is 0 Å². The lowest BCUT2D eigenvalue weighted by molar-refractivity contribution is 0.0697. The van der Waals surface area contributed by atoms with Gasteiger partial charge >= 0.3 is 5.97 Å². The highest BCUT2D eigenvalue weighted by molar-refractivity contribution is 9.10. The molecule has 2 rings (SSSR count). The first kappa shape index (κ1) is 18.9. The SMILES string of the molecule is C=CCOc1c(Br)cc(CNc2cc(C(=O)O)ccc2C)cc1OC. The molecule has 0 unspecified atom stereocenters. The molecule has 0 fully saturated rings. The average Bonchev–Trinajstić information content (AvgIpc) is 2.59. The highest BCUT2D eigenvalue weighted by Gasteiger charge is 2.12. The Morgan fingerprint density at radius 2 is 2.12 bits per heavy atom. The first-order chi connectivity index (χ1) is 12.0. The molecule has 0 radical (unpaired) electrons. The molecule has 0 amide bonds. The summed E-state index contributed by atoms with van der Waals surface area (Å²) < 4.78 is 11.8. The van der Waals surface area contributed by atoms with Gasteiger partial charge in [-0.2, -0.15) is 0 Å². The summed E-state index contributed by atoms with van der Waals surface area (Å²) >= 11 is 3.50. The van der Waals surface area contributed by atoms with Crippen molar-refractivity contribution in [3.63, 3.8) is 0 Å². The van der Waals surface area contributed by atoms with Crippen molar-refractivity contribution in [3.05, 3.63) is 64.1 Å². The number of nitrogens with one attached hydrogen (secondary N) is 1. The predicted octanol–water partition coefficient (Wildman–Crippen LogP) is 4.64. The minimum Gasteiger partial charge on any atom is -0.493 e. The van der Waals surface area contributed by atoms with E-state index in [0.717, 1.165) is 21.3 Å². The van der Waals surface area contributed by atoms with Crippen molar-refractivity contribution >= 4 is 27.6 Å². The molecular formula is C19H20BrNO4. The topological polar surface area (TPSA) is 67.8 Å². The molecule has 2 aromatic carbocycles. The van der Waals surface area contributed by atoms with Crippen molar-refractivity contribution in [2.24, 2.45) is 0 Å². The van der Waals surface area contributed by atoms with Crippen LogP contribution in [0.3, 0.4) is 0 Å². The zero-order valence-corrected chi connectivity index (χ0v) is 15.7. The minimum atomic E-state index is -0.948. The Morgan fingerprint density at radius 3 is 2.76 bits per heavy atom. The Kier molecular flexibility index (Phi) is 6.47. The molecule has 0 spiro atoms. The van der Waals surface area contributed by atoms with E-state index < -0.39 is 5.97 Å². The average molecular weight is 406 g/mol. The number of benzene rings is 2. The third-order valence-electron chi connectivity index (χ3n) is 3.60. The van der Waals surface area contributed by atoms with Gasteiger partial charge in [-0.3, -0.25) is 0 Å². The molecule has 132 valence electrons. The number of carboxylic acid groups (broad SMARTS) is 1. The fourth-order valence-corrected chi connectivity index (χ4v) is 2.90. The van der Waals surface area contributed by atoms with Gasteiger partial charge in [-0.15, -0.1) is 0 Å². The lowest BCUT2D eigenvalue weighted by atomic mass is 10.1. The summed E-state index contributed by atoms with van der Waals surface area (Å²) in [6.07, 6.45) is 1.67. The van der Waals surface area contributed by atoms with Crippen molar-refractivity contribution in [3.8, 4) is 11.5 Å². The molecule has 0 aliphatic heterocycles. The van der Waals surface area contributed by atoms with Crippen LogP contribution in [0.1, 0.15) is 21.5 Å². The molecule has 0 atom stereocenters. The largest absolute Gasteiger partial charge is 0.493 e. The van der Waals surface area contributed by atoms with Crippen LogP contribution in [-0.4, -0.2) is 24.8 Å². The summed E-state index contributed by atoms with van der Waals surface area (Å²) in [5, 5.41) is 12.4. The van der Waals surface area contributed by atoms with Crippen molar-refractivity contribution in [2.75, 3.05) is 19.0 Å². The number of hydrogen-bond donors (Lipinski definition) is 2. The number of rotatable bonds is 8. The molecular weight excluding hydrogens is 386 g/mol. The Bertz CT molecular complexity index is 789. The normalized spacial score (nSPS) is 10.2. The first-order valence-corrected chi connectivity index (χ1v) is 8.43. The number of carboxylic acids is 1. The van der Waals surface area contributed by atoms with E-state index in [1.165, 1.54) is 0 Å². The molecule has 2 aromatic rings. The van der Waals surface area contributed by atoms with Gasteiger partial charge < -0.3 is 19.9 Å². The maximum Gasteiger partial charge on any atom is 0.335 e. The quantitative estimate of drug-likeness (QED) is 0.626. The molecule has 2 N–H and O–H groups in total. The van der Waals surface area contributed by atoms with E-state index in [1.54, 1.807) is 31.4 Å². The van der Waals surface area contributed by atoms with Gasteiger partial charge in [0.15, 0.2) is 11.5 Å². The van der Waals surface area contributed by atoms with E-state index in [4.69, 9.17) is 14.6 Å². The summed E-state index contributed by atoms with van der Waals surface area (Å²) in [6, 6.07) is 8.82. The van der Waals surface area contributed by atoms with Crippen molar-refractivity contribution in [1.82, 2.24) is 0 Å². The molecule has 0 aromatic heterocycles. The number of carbonyl (C=O) groups is 1. The van der Waals surface area contributed by atoms with Gasteiger partial charge in [0, 0.05) is 12.2 Å². The lowest BCUT2D eigenvalue weighted by Gasteiger charge is -2.15. The van der Waals surface area contributed by atoms with E-state index in [9.17, 15) is 4.79 Å². The number of anilines is 1. The summed E-state index contributed by atoms with van der Waals surface area (Å²) in [6.45, 7) is 6.46. The van der Waals surface area contributed by atoms with Crippen molar-refractivity contribution < 1.29 is 19.4 Å². The van der Waals surface area contributed by atoms with Crippen LogP contribution in [0, 0.1) is 6.92 Å². The summed E-state index contributed by atoms with van der Waals surface area (Å²) in [5.41, 5.74) is 2.97. The number of aryl methyl sites for hydroxylation is 1. The van der Waals surface area contributed by atoms with E-state index in [1.807, 2.05) is 19.1 Å². The second-order valence-electron chi connectivity index (χ2n) is 5.40. The molecule has 5 nitrogen and oxygen atoms in total. The third kappa shape index (κ3) is 4.76. The molecule has 25 heavy (non-hydrogen) atoms. The number of hydrogen-bond acceptors (Lipinski definition) is 4. The maximum atomic E-state index is 11.1. The fraction of sp³-hybridized carbons (Fsp3) is 0.211. The molecule has 0 aliphatic rings. The lowest BCUT2D eigenvalue weighted by Crippen LogP contribution is -2.05. The standard InChI is InChI=1S/C19H20BrNO4/c1-4-7-25-18-15(20)8-13(9-17(18)24-3)11-21-16-10-14(19(22)23)6-5-12(16)2/h4-6,8-10,21H,1,7,11H2,2-3H3,(H,22,23). The third-order valence-corrected chi connectivity index (χ3v) is 4.19. The van der Waals surface area contributed by atoms with Gasteiger partial charge in [0.25, 0.3) is 0 Å². The Morgan fingerprint density at radius 1 is 1.36 bits per heavy atom. The fourth-order valence-electron chi connectivity index (χ4n) is 2.30. The second kappa shape index (κ2) is 8.58. The first-order valence-electron chi connectivity index (χ1n) is 7.64. The van der Waals surface area contributed by atoms with E-state index in [-0.39, 0.29) is 5.56 Å². The van der Waals surface area contributed by atoms with Crippen LogP contribution < -0.4 is 14.8 Å². The number of methoxy groups -OCH3 is 1. The summed E-state index contributed by atoms with van der Waals surface area (Å²) in [7, 11) is 1.58. The van der Waals surface area contributed by atoms with Crippen LogP contribution in [0.4, 0.5) is 5.69 Å². The summed E-state index contributed by atoms with van der Waals surface area (Å²) in [4.78, 5) is 11.1. The number of halogens is 1. The molecule has 0 heterocycles. The Hall–Kier alpha value is -2.47. The zero-order chi connectivity index (χ0) is 18.4. The molecule has 0 aliphatic carbocycles. The second-order valence-corrected chi connectivity index (χ2v) is 6.25. The highest BCUT2D eigenvalue weighted by Crippen LogP contribution is 2.37. The van der Waals surface area contributed by atoms with Gasteiger partial charge in [-0.25, -0.2) is 4.79 Å². The van der Waals surface area contributed by atoms with E-state index in [2.05, 4.69) is 27.8 Å². The predicted molar refractivity (Wildman–Crippen MR) is 102 cm³/mol. The molecule has 0 bridgehead atoms. The van der Waals surface area contributed by atoms with Crippen LogP contribution in [0.5, 0.6) is 11.5 Å². The Balaban J connectivity index is 2.21. The van der Waals surface area contributed by atoms with Crippen molar-refractivity contribution in [1.29, 1.82) is 0 Å². The Labute approximate surface area is 155 Å². The monoisotopic (exact) mass is 405 g/mol. The van der Waals surface area contributed by atoms with Crippen LogP contribution in [0.15, 0.2) is 47.5 Å². The van der Waals surface area contributed by atoms with Gasteiger partial charge in [0.05, 0.1) is 17.1 Å². The smallest absolute Gasteiger partial charge is 0.335 e. The van der Waals surface area contributed by atoms with Crippen LogP contribution in [-0.2, 0) is 6.54 Å². The molecule has 6 heteroatoms. The number of ether oxygens (including phenoxy) is 2. The van der Waals surface area contributed by atoms with Crippen LogP contribution >= 0.6 is 15.9 Å². The number of aromatic carboxylic acids is 1. The highest BCUT2D eigenvalue weighted by atomic mass is 79.9.